The number of hydrogen-bond donors (Lipinski definition) is 1. The molecule has 0 aliphatic rings. The van der Waals surface area contributed by atoms with Crippen LogP contribution in [-0.2, 0) is 0 Å². The predicted octanol–water partition coefficient (Wildman–Crippen LogP) is 3.14. The molecule has 2 aromatic rings. The predicted molar refractivity (Wildman–Crippen MR) is 69.3 cm³/mol. The van der Waals surface area contributed by atoms with E-state index in [1.807, 2.05) is 51.1 Å². The molecule has 1 heterocycles. The van der Waals surface area contributed by atoms with Gasteiger partial charge in [0, 0.05) is 17.7 Å². The molecule has 0 amide bonds. The number of para-hydroxylation sites is 1. The summed E-state index contributed by atoms with van der Waals surface area (Å²) >= 11 is 0. The van der Waals surface area contributed by atoms with E-state index in [0.29, 0.717) is 5.76 Å². The standard InChI is InChI=1S/C14H18N2O2/c1-9-8-14(18-16-9)11(3)17-13-7-5-4-6-12(13)10(2)15/h4-8,10-11H,15H2,1-3H3. The van der Waals surface area contributed by atoms with Gasteiger partial charge in [-0.15, -0.1) is 0 Å². The highest BCUT2D eigenvalue weighted by atomic mass is 16.5. The molecule has 0 bridgehead atoms. The highest BCUT2D eigenvalue weighted by molar-refractivity contribution is 5.35. The summed E-state index contributed by atoms with van der Waals surface area (Å²) in [6.45, 7) is 5.75. The molecule has 2 N–H and O–H groups in total. The van der Waals surface area contributed by atoms with Gasteiger partial charge in [-0.1, -0.05) is 23.4 Å². The Bertz CT molecular complexity index is 520. The number of nitrogens with zero attached hydrogens (tertiary/aromatic N) is 1. The summed E-state index contributed by atoms with van der Waals surface area (Å²) < 4.78 is 11.1. The van der Waals surface area contributed by atoms with Crippen molar-refractivity contribution >= 4 is 0 Å². The number of aromatic nitrogens is 1. The third kappa shape index (κ3) is 2.71. The van der Waals surface area contributed by atoms with Crippen molar-refractivity contribution in [1.29, 1.82) is 0 Å². The summed E-state index contributed by atoms with van der Waals surface area (Å²) in [5.41, 5.74) is 7.75. The summed E-state index contributed by atoms with van der Waals surface area (Å²) in [4.78, 5) is 0. The molecular formula is C14H18N2O2. The Morgan fingerprint density at radius 2 is 2.00 bits per heavy atom. The summed E-state index contributed by atoms with van der Waals surface area (Å²) in [5.74, 6) is 1.50. The van der Waals surface area contributed by atoms with Crippen LogP contribution in [0.5, 0.6) is 5.75 Å². The molecule has 0 aliphatic heterocycles. The van der Waals surface area contributed by atoms with E-state index in [0.717, 1.165) is 17.0 Å². The second-order valence-electron chi connectivity index (χ2n) is 4.46. The van der Waals surface area contributed by atoms with E-state index in [1.54, 1.807) is 0 Å². The molecule has 0 radical (unpaired) electrons. The number of nitrogens with two attached hydrogens (primary N) is 1. The largest absolute Gasteiger partial charge is 0.482 e. The maximum absolute atomic E-state index is 5.92. The molecule has 4 heteroatoms. The highest BCUT2D eigenvalue weighted by Gasteiger charge is 2.15. The lowest BCUT2D eigenvalue weighted by Crippen LogP contribution is -2.09. The average molecular weight is 246 g/mol. The zero-order valence-corrected chi connectivity index (χ0v) is 10.9. The van der Waals surface area contributed by atoms with Gasteiger partial charge in [-0.05, 0) is 26.8 Å². The van der Waals surface area contributed by atoms with E-state index in [4.69, 9.17) is 15.0 Å². The number of benzene rings is 1. The molecule has 4 nitrogen and oxygen atoms in total. The zero-order valence-electron chi connectivity index (χ0n) is 10.9. The SMILES string of the molecule is Cc1cc(C(C)Oc2ccccc2C(C)N)on1. The van der Waals surface area contributed by atoms with Gasteiger partial charge in [0.2, 0.25) is 0 Å². The Balaban J connectivity index is 2.19. The first-order valence-corrected chi connectivity index (χ1v) is 6.02. The van der Waals surface area contributed by atoms with Crippen LogP contribution in [0.3, 0.4) is 0 Å². The first-order valence-electron chi connectivity index (χ1n) is 6.02. The first-order chi connectivity index (χ1) is 8.58. The minimum atomic E-state index is -0.189. The van der Waals surface area contributed by atoms with Crippen molar-refractivity contribution in [3.05, 3.63) is 47.3 Å². The molecule has 18 heavy (non-hydrogen) atoms. The van der Waals surface area contributed by atoms with Crippen LogP contribution >= 0.6 is 0 Å². The van der Waals surface area contributed by atoms with Gasteiger partial charge in [0.15, 0.2) is 11.9 Å². The fraction of sp³-hybridized carbons (Fsp3) is 0.357. The number of ether oxygens (including phenoxy) is 1. The summed E-state index contributed by atoms with van der Waals surface area (Å²) in [5, 5.41) is 3.86. The molecule has 0 fully saturated rings. The van der Waals surface area contributed by atoms with E-state index in [-0.39, 0.29) is 12.1 Å². The minimum Gasteiger partial charge on any atom is -0.482 e. The van der Waals surface area contributed by atoms with Gasteiger partial charge >= 0.3 is 0 Å². The monoisotopic (exact) mass is 246 g/mol. The third-order valence-corrected chi connectivity index (χ3v) is 2.76. The lowest BCUT2D eigenvalue weighted by molar-refractivity contribution is 0.179. The van der Waals surface area contributed by atoms with Crippen LogP contribution in [0.4, 0.5) is 0 Å². The van der Waals surface area contributed by atoms with E-state index in [9.17, 15) is 0 Å². The molecular weight excluding hydrogens is 228 g/mol. The Morgan fingerprint density at radius 3 is 2.61 bits per heavy atom. The van der Waals surface area contributed by atoms with Gasteiger partial charge in [0.05, 0.1) is 5.69 Å². The van der Waals surface area contributed by atoms with Gasteiger partial charge < -0.3 is 15.0 Å². The minimum absolute atomic E-state index is 0.0649. The van der Waals surface area contributed by atoms with E-state index >= 15 is 0 Å². The normalized spacial score (nSPS) is 14.2. The topological polar surface area (TPSA) is 61.3 Å². The maximum atomic E-state index is 5.92. The van der Waals surface area contributed by atoms with Crippen LogP contribution in [0.25, 0.3) is 0 Å². The summed E-state index contributed by atoms with van der Waals surface area (Å²) in [6.07, 6.45) is -0.189. The summed E-state index contributed by atoms with van der Waals surface area (Å²) in [7, 11) is 0. The van der Waals surface area contributed by atoms with Crippen molar-refractivity contribution in [3.8, 4) is 5.75 Å². The van der Waals surface area contributed by atoms with Crippen molar-refractivity contribution in [1.82, 2.24) is 5.16 Å². The maximum Gasteiger partial charge on any atom is 0.177 e. The fourth-order valence-electron chi connectivity index (χ4n) is 1.79. The lowest BCUT2D eigenvalue weighted by Gasteiger charge is -2.17. The van der Waals surface area contributed by atoms with Crippen molar-refractivity contribution < 1.29 is 9.26 Å². The average Bonchev–Trinajstić information content (AvgIpc) is 2.76. The van der Waals surface area contributed by atoms with E-state index < -0.39 is 0 Å². The van der Waals surface area contributed by atoms with E-state index in [2.05, 4.69) is 5.16 Å². The second-order valence-corrected chi connectivity index (χ2v) is 4.46. The smallest absolute Gasteiger partial charge is 0.177 e. The third-order valence-electron chi connectivity index (χ3n) is 2.76. The van der Waals surface area contributed by atoms with Crippen molar-refractivity contribution in [2.24, 2.45) is 5.73 Å². The van der Waals surface area contributed by atoms with Gasteiger partial charge in [-0.3, -0.25) is 0 Å². The molecule has 0 aliphatic carbocycles. The fourth-order valence-corrected chi connectivity index (χ4v) is 1.79. The van der Waals surface area contributed by atoms with E-state index in [1.165, 1.54) is 0 Å². The van der Waals surface area contributed by atoms with Crippen LogP contribution in [-0.4, -0.2) is 5.16 Å². The Morgan fingerprint density at radius 1 is 1.28 bits per heavy atom. The molecule has 2 unspecified atom stereocenters. The Hall–Kier alpha value is -1.81. The number of hydrogen-bond acceptors (Lipinski definition) is 4. The molecule has 0 saturated carbocycles. The Kier molecular flexibility index (Phi) is 3.67. The molecule has 2 rings (SSSR count). The van der Waals surface area contributed by atoms with Crippen LogP contribution < -0.4 is 10.5 Å². The van der Waals surface area contributed by atoms with Crippen LogP contribution in [0.1, 0.15) is 43.0 Å². The van der Waals surface area contributed by atoms with Crippen LogP contribution in [0.15, 0.2) is 34.9 Å². The van der Waals surface area contributed by atoms with Crippen LogP contribution in [0, 0.1) is 6.92 Å². The van der Waals surface area contributed by atoms with Gasteiger partial charge in [-0.2, -0.15) is 0 Å². The zero-order chi connectivity index (χ0) is 13.1. The van der Waals surface area contributed by atoms with Crippen molar-refractivity contribution in [2.45, 2.75) is 32.9 Å². The van der Waals surface area contributed by atoms with Gasteiger partial charge in [0.25, 0.3) is 0 Å². The highest BCUT2D eigenvalue weighted by Crippen LogP contribution is 2.28. The lowest BCUT2D eigenvalue weighted by atomic mass is 10.1. The van der Waals surface area contributed by atoms with Crippen molar-refractivity contribution in [2.75, 3.05) is 0 Å². The second kappa shape index (κ2) is 5.23. The van der Waals surface area contributed by atoms with Crippen LogP contribution in [0.2, 0.25) is 0 Å². The molecule has 0 spiro atoms. The number of rotatable bonds is 4. The van der Waals surface area contributed by atoms with Crippen molar-refractivity contribution in [3.63, 3.8) is 0 Å². The molecule has 96 valence electrons. The summed E-state index contributed by atoms with van der Waals surface area (Å²) in [6, 6.07) is 9.58. The molecule has 1 aromatic heterocycles. The quantitative estimate of drug-likeness (QED) is 0.900. The Labute approximate surface area is 107 Å². The molecule has 2 atom stereocenters. The first kappa shape index (κ1) is 12.6. The van der Waals surface area contributed by atoms with Gasteiger partial charge in [0.1, 0.15) is 5.75 Å². The number of aryl methyl sites for hydroxylation is 1. The molecule has 0 saturated heterocycles. The van der Waals surface area contributed by atoms with Gasteiger partial charge in [-0.25, -0.2) is 0 Å². The molecule has 1 aromatic carbocycles.